The molecule has 0 fully saturated rings. The molecule has 1 aromatic heterocycles. The highest BCUT2D eigenvalue weighted by atomic mass is 32.2. The fourth-order valence-corrected chi connectivity index (χ4v) is 3.90. The molecule has 0 radical (unpaired) electrons. The van der Waals surface area contributed by atoms with Crippen LogP contribution in [-0.4, -0.2) is 33.5 Å². The lowest BCUT2D eigenvalue weighted by Gasteiger charge is -2.09. The minimum atomic E-state index is -0.0739. The van der Waals surface area contributed by atoms with E-state index in [-0.39, 0.29) is 11.7 Å². The van der Waals surface area contributed by atoms with Crippen molar-refractivity contribution in [2.45, 2.75) is 18.3 Å². The summed E-state index contributed by atoms with van der Waals surface area (Å²) >= 11 is 1.34. The molecule has 8 heteroatoms. The Bertz CT molecular complexity index is 1180. The molecule has 0 saturated carbocycles. The molecule has 0 spiro atoms. The molecule has 0 aliphatic carbocycles. The Kier molecular flexibility index (Phi) is 7.60. The first-order valence-electron chi connectivity index (χ1n) is 10.4. The average Bonchev–Trinajstić information content (AvgIpc) is 3.34. The van der Waals surface area contributed by atoms with Crippen LogP contribution in [0, 0.1) is 0 Å². The van der Waals surface area contributed by atoms with Gasteiger partial charge in [-0.05, 0) is 47.5 Å². The number of hydrogen-bond donors (Lipinski definition) is 1. The molecule has 0 unspecified atom stereocenters. The van der Waals surface area contributed by atoms with E-state index in [0.29, 0.717) is 18.3 Å². The van der Waals surface area contributed by atoms with Gasteiger partial charge in [0.15, 0.2) is 5.16 Å². The molecule has 33 heavy (non-hydrogen) atoms. The standard InChI is InChI=1S/C25H24N4O3S/c1-31-22-12-10-21(11-13-22)29-18-27-28-25(29)33-17-24(30)26-15-19-6-5-7-20(14-19)16-32-23-8-3-2-4-9-23/h2-14,18H,15-17H2,1H3,(H,26,30). The first-order chi connectivity index (χ1) is 16.2. The number of aromatic nitrogens is 3. The van der Waals surface area contributed by atoms with E-state index in [4.69, 9.17) is 9.47 Å². The van der Waals surface area contributed by atoms with Gasteiger partial charge in [0, 0.05) is 12.2 Å². The van der Waals surface area contributed by atoms with Gasteiger partial charge < -0.3 is 14.8 Å². The van der Waals surface area contributed by atoms with Gasteiger partial charge in [0.1, 0.15) is 24.4 Å². The molecule has 1 N–H and O–H groups in total. The van der Waals surface area contributed by atoms with Crippen LogP contribution in [0.5, 0.6) is 11.5 Å². The van der Waals surface area contributed by atoms with E-state index in [9.17, 15) is 4.79 Å². The Labute approximate surface area is 196 Å². The first-order valence-corrected chi connectivity index (χ1v) is 11.4. The lowest BCUT2D eigenvalue weighted by molar-refractivity contribution is -0.118. The molecule has 1 amide bonds. The summed E-state index contributed by atoms with van der Waals surface area (Å²) in [5.74, 6) is 1.77. The lowest BCUT2D eigenvalue weighted by atomic mass is 10.1. The summed E-state index contributed by atoms with van der Waals surface area (Å²) in [5, 5.41) is 11.7. The van der Waals surface area contributed by atoms with Crippen molar-refractivity contribution in [3.63, 3.8) is 0 Å². The van der Waals surface area contributed by atoms with Crippen LogP contribution in [0.2, 0.25) is 0 Å². The van der Waals surface area contributed by atoms with Crippen molar-refractivity contribution < 1.29 is 14.3 Å². The van der Waals surface area contributed by atoms with Crippen LogP contribution in [0.1, 0.15) is 11.1 Å². The number of para-hydroxylation sites is 1. The number of carbonyl (C=O) groups is 1. The third-order valence-electron chi connectivity index (χ3n) is 4.83. The van der Waals surface area contributed by atoms with E-state index in [0.717, 1.165) is 28.3 Å². The van der Waals surface area contributed by atoms with Crippen molar-refractivity contribution in [1.29, 1.82) is 0 Å². The number of nitrogens with zero attached hydrogens (tertiary/aromatic N) is 3. The van der Waals surface area contributed by atoms with E-state index >= 15 is 0 Å². The van der Waals surface area contributed by atoms with E-state index in [1.807, 2.05) is 83.4 Å². The molecule has 7 nitrogen and oxygen atoms in total. The predicted octanol–water partition coefficient (Wildman–Crippen LogP) is 4.26. The summed E-state index contributed by atoms with van der Waals surface area (Å²) in [4.78, 5) is 12.4. The zero-order valence-corrected chi connectivity index (χ0v) is 19.0. The molecule has 0 bridgehead atoms. The maximum atomic E-state index is 12.4. The number of thioether (sulfide) groups is 1. The van der Waals surface area contributed by atoms with Gasteiger partial charge in [-0.3, -0.25) is 9.36 Å². The molecule has 4 aromatic rings. The highest BCUT2D eigenvalue weighted by molar-refractivity contribution is 7.99. The Hall–Kier alpha value is -3.78. The smallest absolute Gasteiger partial charge is 0.230 e. The van der Waals surface area contributed by atoms with Gasteiger partial charge in [0.05, 0.1) is 12.9 Å². The average molecular weight is 461 g/mol. The second-order valence-electron chi connectivity index (χ2n) is 7.17. The number of benzene rings is 3. The van der Waals surface area contributed by atoms with Gasteiger partial charge in [-0.15, -0.1) is 10.2 Å². The lowest BCUT2D eigenvalue weighted by Crippen LogP contribution is -2.24. The van der Waals surface area contributed by atoms with Crippen LogP contribution < -0.4 is 14.8 Å². The third-order valence-corrected chi connectivity index (χ3v) is 5.77. The van der Waals surface area contributed by atoms with Crippen LogP contribution in [-0.2, 0) is 17.9 Å². The predicted molar refractivity (Wildman–Crippen MR) is 128 cm³/mol. The molecule has 4 rings (SSSR count). The largest absolute Gasteiger partial charge is 0.497 e. The van der Waals surface area contributed by atoms with Crippen LogP contribution in [0.4, 0.5) is 0 Å². The second-order valence-corrected chi connectivity index (χ2v) is 8.11. The van der Waals surface area contributed by atoms with Crippen molar-refractivity contribution in [2.75, 3.05) is 12.9 Å². The van der Waals surface area contributed by atoms with E-state index in [1.165, 1.54) is 11.8 Å². The molecule has 168 valence electrons. The molecule has 1 heterocycles. The first kappa shape index (κ1) is 22.4. The van der Waals surface area contributed by atoms with Crippen LogP contribution in [0.3, 0.4) is 0 Å². The van der Waals surface area contributed by atoms with Crippen molar-refractivity contribution in [3.8, 4) is 17.2 Å². The minimum absolute atomic E-state index is 0.0739. The second kappa shape index (κ2) is 11.2. The number of methoxy groups -OCH3 is 1. The molecule has 0 aliphatic rings. The minimum Gasteiger partial charge on any atom is -0.497 e. The summed E-state index contributed by atoms with van der Waals surface area (Å²) in [5.41, 5.74) is 2.97. The number of rotatable bonds is 10. The van der Waals surface area contributed by atoms with Crippen LogP contribution in [0.25, 0.3) is 5.69 Å². The normalized spacial score (nSPS) is 10.6. The van der Waals surface area contributed by atoms with Gasteiger partial charge in [-0.25, -0.2) is 0 Å². The number of carbonyl (C=O) groups excluding carboxylic acids is 1. The molecule has 0 saturated heterocycles. The van der Waals surface area contributed by atoms with Crippen molar-refractivity contribution in [1.82, 2.24) is 20.1 Å². The topological polar surface area (TPSA) is 78.3 Å². The third kappa shape index (κ3) is 6.36. The van der Waals surface area contributed by atoms with Gasteiger partial charge in [-0.1, -0.05) is 54.2 Å². The highest BCUT2D eigenvalue weighted by Crippen LogP contribution is 2.21. The van der Waals surface area contributed by atoms with E-state index < -0.39 is 0 Å². The van der Waals surface area contributed by atoms with Crippen LogP contribution >= 0.6 is 11.8 Å². The summed E-state index contributed by atoms with van der Waals surface area (Å²) in [6, 6.07) is 25.3. The number of amides is 1. The van der Waals surface area contributed by atoms with Gasteiger partial charge in [0.25, 0.3) is 0 Å². The van der Waals surface area contributed by atoms with Crippen molar-refractivity contribution in [2.24, 2.45) is 0 Å². The fraction of sp³-hybridized carbons (Fsp3) is 0.160. The maximum Gasteiger partial charge on any atom is 0.230 e. The maximum absolute atomic E-state index is 12.4. The fourth-order valence-electron chi connectivity index (χ4n) is 3.14. The van der Waals surface area contributed by atoms with Gasteiger partial charge in [-0.2, -0.15) is 0 Å². The Balaban J connectivity index is 1.27. The zero-order valence-electron chi connectivity index (χ0n) is 18.2. The van der Waals surface area contributed by atoms with Crippen molar-refractivity contribution >= 4 is 17.7 Å². The molecule has 3 aromatic carbocycles. The van der Waals surface area contributed by atoms with Gasteiger partial charge >= 0.3 is 0 Å². The zero-order chi connectivity index (χ0) is 22.9. The SMILES string of the molecule is COc1ccc(-n2cnnc2SCC(=O)NCc2cccc(COc3ccccc3)c2)cc1. The van der Waals surface area contributed by atoms with Crippen LogP contribution in [0.15, 0.2) is 90.3 Å². The summed E-state index contributed by atoms with van der Waals surface area (Å²) in [6.45, 7) is 0.923. The Morgan fingerprint density at radius 1 is 0.970 bits per heavy atom. The number of ether oxygens (including phenoxy) is 2. The van der Waals surface area contributed by atoms with Gasteiger partial charge in [0.2, 0.25) is 5.91 Å². The quantitative estimate of drug-likeness (QED) is 0.356. The summed E-state index contributed by atoms with van der Waals surface area (Å²) in [6.07, 6.45) is 1.63. The number of hydrogen-bond acceptors (Lipinski definition) is 6. The molecule has 0 atom stereocenters. The van der Waals surface area contributed by atoms with E-state index in [1.54, 1.807) is 13.4 Å². The highest BCUT2D eigenvalue weighted by Gasteiger charge is 2.10. The Morgan fingerprint density at radius 3 is 2.55 bits per heavy atom. The number of nitrogens with one attached hydrogen (secondary N) is 1. The van der Waals surface area contributed by atoms with Crippen molar-refractivity contribution in [3.05, 3.63) is 96.3 Å². The Morgan fingerprint density at radius 2 is 1.76 bits per heavy atom. The molecular weight excluding hydrogens is 436 g/mol. The molecular formula is C25H24N4O3S. The molecule has 0 aliphatic heterocycles. The van der Waals surface area contributed by atoms with E-state index in [2.05, 4.69) is 15.5 Å². The summed E-state index contributed by atoms with van der Waals surface area (Å²) in [7, 11) is 1.63. The summed E-state index contributed by atoms with van der Waals surface area (Å²) < 4.78 is 12.8. The monoisotopic (exact) mass is 460 g/mol.